The molecule has 0 unspecified atom stereocenters. The number of rotatable bonds is 8. The van der Waals surface area contributed by atoms with Crippen LogP contribution in [0.2, 0.25) is 0 Å². The van der Waals surface area contributed by atoms with Crippen LogP contribution in [0.15, 0.2) is 36.4 Å². The van der Waals surface area contributed by atoms with E-state index in [0.29, 0.717) is 24.6 Å². The number of carbonyl (C=O) groups excluding carboxylic acids is 1. The third kappa shape index (κ3) is 5.33. The summed E-state index contributed by atoms with van der Waals surface area (Å²) in [6.07, 6.45) is 0.817. The zero-order chi connectivity index (χ0) is 20.0. The Bertz CT molecular complexity index is 783. The van der Waals surface area contributed by atoms with Crippen molar-refractivity contribution in [3.8, 4) is 16.9 Å². The molecule has 2 rings (SSSR count). The summed E-state index contributed by atoms with van der Waals surface area (Å²) in [4.78, 5) is 14.4. The van der Waals surface area contributed by atoms with Crippen molar-refractivity contribution >= 4 is 5.91 Å². The number of likely N-dealkylation sites (N-methyl/N-ethyl adjacent to an activating group) is 1. The van der Waals surface area contributed by atoms with E-state index in [1.165, 1.54) is 5.56 Å². The van der Waals surface area contributed by atoms with Crippen molar-refractivity contribution in [3.05, 3.63) is 53.1 Å². The summed E-state index contributed by atoms with van der Waals surface area (Å²) in [7, 11) is 1.72. The van der Waals surface area contributed by atoms with Crippen LogP contribution in [0.25, 0.3) is 11.1 Å². The highest BCUT2D eigenvalue weighted by molar-refractivity contribution is 5.96. The van der Waals surface area contributed by atoms with E-state index in [9.17, 15) is 4.79 Å². The van der Waals surface area contributed by atoms with Crippen molar-refractivity contribution in [1.82, 2.24) is 4.90 Å². The Balaban J connectivity index is 2.52. The van der Waals surface area contributed by atoms with E-state index in [4.69, 9.17) is 9.84 Å². The molecule has 2 aromatic carbocycles. The van der Waals surface area contributed by atoms with Gasteiger partial charge >= 0.3 is 0 Å². The van der Waals surface area contributed by atoms with Crippen LogP contribution in [-0.4, -0.2) is 42.7 Å². The van der Waals surface area contributed by atoms with Gasteiger partial charge in [-0.05, 0) is 55.5 Å². The van der Waals surface area contributed by atoms with Crippen LogP contribution in [0.3, 0.4) is 0 Å². The number of ether oxygens (including phenoxy) is 1. The molecule has 1 amide bonds. The fraction of sp³-hybridized carbons (Fsp3) is 0.435. The van der Waals surface area contributed by atoms with Crippen LogP contribution < -0.4 is 4.74 Å². The first-order valence-corrected chi connectivity index (χ1v) is 9.60. The number of hydrogen-bond acceptors (Lipinski definition) is 3. The van der Waals surface area contributed by atoms with E-state index >= 15 is 0 Å². The Labute approximate surface area is 162 Å². The maximum atomic E-state index is 12.8. The summed E-state index contributed by atoms with van der Waals surface area (Å²) in [5, 5.41) is 9.14. The third-order valence-electron chi connectivity index (χ3n) is 4.49. The van der Waals surface area contributed by atoms with Crippen LogP contribution in [0.5, 0.6) is 5.75 Å². The van der Waals surface area contributed by atoms with Crippen molar-refractivity contribution in [2.45, 2.75) is 34.1 Å². The minimum atomic E-state index is -0.0551. The molecule has 0 heterocycles. The van der Waals surface area contributed by atoms with Gasteiger partial charge in [0, 0.05) is 24.7 Å². The zero-order valence-corrected chi connectivity index (χ0v) is 17.1. The van der Waals surface area contributed by atoms with Crippen LogP contribution in [0.1, 0.15) is 42.3 Å². The number of hydrogen-bond donors (Lipinski definition) is 1. The molecule has 146 valence electrons. The minimum Gasteiger partial charge on any atom is -0.493 e. The molecular weight excluding hydrogens is 338 g/mol. The summed E-state index contributed by atoms with van der Waals surface area (Å²) in [5.41, 5.74) is 5.00. The fourth-order valence-corrected chi connectivity index (χ4v) is 3.19. The van der Waals surface area contributed by atoms with Gasteiger partial charge in [-0.25, -0.2) is 0 Å². The van der Waals surface area contributed by atoms with Gasteiger partial charge in [-0.3, -0.25) is 4.79 Å². The molecule has 0 aliphatic rings. The summed E-state index contributed by atoms with van der Waals surface area (Å²) >= 11 is 0. The summed E-state index contributed by atoms with van der Waals surface area (Å²) in [6.45, 7) is 9.24. The first-order chi connectivity index (χ1) is 12.9. The largest absolute Gasteiger partial charge is 0.493 e. The maximum absolute atomic E-state index is 12.8. The lowest BCUT2D eigenvalue weighted by atomic mass is 9.92. The lowest BCUT2D eigenvalue weighted by Gasteiger charge is -2.20. The van der Waals surface area contributed by atoms with Crippen molar-refractivity contribution in [3.63, 3.8) is 0 Å². The first-order valence-electron chi connectivity index (χ1n) is 9.60. The van der Waals surface area contributed by atoms with Crippen LogP contribution in [0.4, 0.5) is 0 Å². The number of nitrogens with zero attached hydrogens (tertiary/aromatic N) is 1. The van der Waals surface area contributed by atoms with Crippen LogP contribution in [-0.2, 0) is 6.42 Å². The second-order valence-corrected chi connectivity index (χ2v) is 7.35. The summed E-state index contributed by atoms with van der Waals surface area (Å²) in [5.74, 6) is 1.23. The highest BCUT2D eigenvalue weighted by atomic mass is 16.5. The lowest BCUT2D eigenvalue weighted by Crippen LogP contribution is -2.30. The minimum absolute atomic E-state index is 0.0408. The number of aryl methyl sites for hydroxylation is 1. The van der Waals surface area contributed by atoms with E-state index in [1.54, 1.807) is 11.9 Å². The summed E-state index contributed by atoms with van der Waals surface area (Å²) in [6, 6.07) is 12.2. The van der Waals surface area contributed by atoms with E-state index in [-0.39, 0.29) is 12.5 Å². The van der Waals surface area contributed by atoms with E-state index in [0.717, 1.165) is 28.9 Å². The molecule has 0 aliphatic heterocycles. The molecule has 0 bridgehead atoms. The van der Waals surface area contributed by atoms with Gasteiger partial charge in [0.25, 0.3) is 5.91 Å². The van der Waals surface area contributed by atoms with Crippen molar-refractivity contribution in [2.24, 2.45) is 5.92 Å². The van der Waals surface area contributed by atoms with E-state index in [2.05, 4.69) is 32.9 Å². The molecule has 27 heavy (non-hydrogen) atoms. The maximum Gasteiger partial charge on any atom is 0.253 e. The number of aliphatic hydroxyl groups is 1. The number of carbonyl (C=O) groups is 1. The number of aliphatic hydroxyl groups excluding tert-OH is 1. The molecule has 0 aromatic heterocycles. The Hall–Kier alpha value is -2.33. The Kier molecular flexibility index (Phi) is 7.43. The first kappa shape index (κ1) is 21.0. The highest BCUT2D eigenvalue weighted by Crippen LogP contribution is 2.33. The Morgan fingerprint density at radius 1 is 1.19 bits per heavy atom. The predicted molar refractivity (Wildman–Crippen MR) is 110 cm³/mol. The topological polar surface area (TPSA) is 49.8 Å². The normalized spacial score (nSPS) is 10.9. The van der Waals surface area contributed by atoms with Gasteiger partial charge in [0.15, 0.2) is 0 Å². The van der Waals surface area contributed by atoms with E-state index < -0.39 is 0 Å². The standard InChI is InChI=1S/C23H31NO3/c1-6-27-22-10-7-17(4)14-21(22)18-8-9-20(19(15-18)13-16(2)3)23(26)24(5)11-12-25/h7-10,14-16,25H,6,11-13H2,1-5H3. The van der Waals surface area contributed by atoms with Gasteiger partial charge in [-0.15, -0.1) is 0 Å². The predicted octanol–water partition coefficient (Wildman–Crippen LogP) is 4.32. The van der Waals surface area contributed by atoms with Gasteiger partial charge < -0.3 is 14.7 Å². The zero-order valence-electron chi connectivity index (χ0n) is 17.1. The highest BCUT2D eigenvalue weighted by Gasteiger charge is 2.18. The van der Waals surface area contributed by atoms with Gasteiger partial charge in [-0.2, -0.15) is 0 Å². The van der Waals surface area contributed by atoms with Crippen molar-refractivity contribution < 1.29 is 14.6 Å². The molecule has 0 saturated carbocycles. The van der Waals surface area contributed by atoms with E-state index in [1.807, 2.05) is 31.2 Å². The molecule has 2 aromatic rings. The van der Waals surface area contributed by atoms with Crippen molar-refractivity contribution in [2.75, 3.05) is 26.8 Å². The molecule has 0 aliphatic carbocycles. The van der Waals surface area contributed by atoms with Gasteiger partial charge in [0.05, 0.1) is 13.2 Å². The quantitative estimate of drug-likeness (QED) is 0.754. The molecular formula is C23H31NO3. The average Bonchev–Trinajstić information content (AvgIpc) is 2.62. The van der Waals surface area contributed by atoms with Gasteiger partial charge in [-0.1, -0.05) is 37.6 Å². The third-order valence-corrected chi connectivity index (χ3v) is 4.49. The van der Waals surface area contributed by atoms with Crippen LogP contribution >= 0.6 is 0 Å². The molecule has 1 N–H and O–H groups in total. The molecule has 0 spiro atoms. The molecule has 0 fully saturated rings. The molecule has 0 radical (unpaired) electrons. The monoisotopic (exact) mass is 369 g/mol. The second-order valence-electron chi connectivity index (χ2n) is 7.35. The average molecular weight is 370 g/mol. The number of benzene rings is 2. The number of amides is 1. The Morgan fingerprint density at radius 2 is 1.93 bits per heavy atom. The molecule has 0 saturated heterocycles. The Morgan fingerprint density at radius 3 is 2.56 bits per heavy atom. The molecule has 4 nitrogen and oxygen atoms in total. The smallest absolute Gasteiger partial charge is 0.253 e. The van der Waals surface area contributed by atoms with Crippen molar-refractivity contribution in [1.29, 1.82) is 0 Å². The lowest BCUT2D eigenvalue weighted by molar-refractivity contribution is 0.0765. The van der Waals surface area contributed by atoms with Gasteiger partial charge in [0.2, 0.25) is 0 Å². The second kappa shape index (κ2) is 9.56. The van der Waals surface area contributed by atoms with Crippen LogP contribution in [0, 0.1) is 12.8 Å². The molecule has 0 atom stereocenters. The van der Waals surface area contributed by atoms with Gasteiger partial charge in [0.1, 0.15) is 5.75 Å². The molecule has 4 heteroatoms. The summed E-state index contributed by atoms with van der Waals surface area (Å²) < 4.78 is 5.81. The fourth-order valence-electron chi connectivity index (χ4n) is 3.19. The SMILES string of the molecule is CCOc1ccc(C)cc1-c1ccc(C(=O)N(C)CCO)c(CC(C)C)c1.